The van der Waals surface area contributed by atoms with Crippen LogP contribution < -0.4 is 21.3 Å². The molecule has 2 aliphatic rings. The first kappa shape index (κ1) is 13.8. The van der Waals surface area contributed by atoms with Gasteiger partial charge in [-0.05, 0) is 29.0 Å². The number of nitrogens with one attached hydrogen (secondary N) is 4. The molecule has 0 saturated carbocycles. The summed E-state index contributed by atoms with van der Waals surface area (Å²) in [5, 5.41) is 14.3. The number of thioether (sulfide) groups is 1. The van der Waals surface area contributed by atoms with Gasteiger partial charge in [0, 0.05) is 18.1 Å². The van der Waals surface area contributed by atoms with E-state index in [2.05, 4.69) is 21.3 Å². The number of benzene rings is 2. The number of hydrogen-bond acceptors (Lipinski definition) is 5. The van der Waals surface area contributed by atoms with Crippen molar-refractivity contribution in [2.24, 2.45) is 0 Å². The lowest BCUT2D eigenvalue weighted by Crippen LogP contribution is -2.47. The number of hydrogen-bond donors (Lipinski definition) is 4. The van der Waals surface area contributed by atoms with Crippen LogP contribution in [0.5, 0.6) is 0 Å². The van der Waals surface area contributed by atoms with E-state index in [0.29, 0.717) is 13.2 Å². The third-order valence-electron chi connectivity index (χ3n) is 3.87. The fourth-order valence-electron chi connectivity index (χ4n) is 2.77. The van der Waals surface area contributed by atoms with Crippen LogP contribution in [0.2, 0.25) is 0 Å². The molecule has 2 heterocycles. The topological polar surface area (TPSA) is 65.2 Å². The van der Waals surface area contributed by atoms with Crippen molar-refractivity contribution in [1.82, 2.24) is 16.0 Å². The molecule has 4 N–H and O–H groups in total. The molecule has 5 nitrogen and oxygen atoms in total. The molecular formula is C15H15FN4OS. The summed E-state index contributed by atoms with van der Waals surface area (Å²) in [4.78, 5) is 13.2. The van der Waals surface area contributed by atoms with Gasteiger partial charge in [0.1, 0.15) is 11.9 Å². The highest BCUT2D eigenvalue weighted by molar-refractivity contribution is 8.00. The molecule has 2 atom stereocenters. The van der Waals surface area contributed by atoms with Gasteiger partial charge in [0.2, 0.25) is 5.91 Å². The van der Waals surface area contributed by atoms with E-state index in [1.165, 1.54) is 12.1 Å². The van der Waals surface area contributed by atoms with Gasteiger partial charge in [-0.2, -0.15) is 0 Å². The number of halogens is 1. The maximum absolute atomic E-state index is 13.3. The molecule has 1 saturated heterocycles. The molecule has 2 aromatic carbocycles. The normalized spacial score (nSPS) is 23.3. The first-order valence-electron chi connectivity index (χ1n) is 7.11. The first-order chi connectivity index (χ1) is 10.7. The second-order valence-corrected chi connectivity index (χ2v) is 6.46. The van der Waals surface area contributed by atoms with Gasteiger partial charge in [-0.25, -0.2) is 4.39 Å². The van der Waals surface area contributed by atoms with Crippen LogP contribution in [-0.4, -0.2) is 30.7 Å². The van der Waals surface area contributed by atoms with E-state index in [0.717, 1.165) is 21.4 Å². The maximum atomic E-state index is 13.3. The molecule has 0 aliphatic carbocycles. The van der Waals surface area contributed by atoms with Gasteiger partial charge in [-0.1, -0.05) is 23.9 Å². The Morgan fingerprint density at radius 2 is 2.23 bits per heavy atom. The molecule has 0 bridgehead atoms. The standard InChI is InChI=1S/C15H15FN4OS/c16-9-2-3-10-8(5-9)1-4-11-13(10)22-15(19-11)20-14(21)12-6-17-7-18-12/h1-5,12,15,17-19H,6-7H2,(H,20,21). The van der Waals surface area contributed by atoms with Crippen molar-refractivity contribution in [1.29, 1.82) is 0 Å². The van der Waals surface area contributed by atoms with Gasteiger partial charge in [-0.3, -0.25) is 10.1 Å². The van der Waals surface area contributed by atoms with E-state index in [4.69, 9.17) is 0 Å². The number of carbonyl (C=O) groups is 1. The predicted octanol–water partition coefficient (Wildman–Crippen LogP) is 1.42. The van der Waals surface area contributed by atoms with Crippen molar-refractivity contribution in [3.63, 3.8) is 0 Å². The summed E-state index contributed by atoms with van der Waals surface area (Å²) >= 11 is 1.54. The van der Waals surface area contributed by atoms with Crippen LogP contribution in [0.3, 0.4) is 0 Å². The minimum absolute atomic E-state index is 0.0295. The molecule has 22 heavy (non-hydrogen) atoms. The lowest BCUT2D eigenvalue weighted by Gasteiger charge is -2.15. The van der Waals surface area contributed by atoms with E-state index in [-0.39, 0.29) is 23.3 Å². The third-order valence-corrected chi connectivity index (χ3v) is 5.01. The molecule has 2 unspecified atom stereocenters. The summed E-state index contributed by atoms with van der Waals surface area (Å²) in [7, 11) is 0. The number of anilines is 1. The number of carbonyl (C=O) groups excluding carboxylic acids is 1. The Hall–Kier alpha value is -1.83. The van der Waals surface area contributed by atoms with E-state index < -0.39 is 0 Å². The number of fused-ring (bicyclic) bond motifs is 3. The van der Waals surface area contributed by atoms with Crippen molar-refractivity contribution in [3.05, 3.63) is 36.1 Å². The van der Waals surface area contributed by atoms with Crippen LogP contribution in [0.15, 0.2) is 35.2 Å². The zero-order chi connectivity index (χ0) is 15.1. The van der Waals surface area contributed by atoms with Crippen LogP contribution in [0.25, 0.3) is 10.8 Å². The number of amides is 1. The molecule has 2 aromatic rings. The number of rotatable bonds is 2. The summed E-state index contributed by atoms with van der Waals surface area (Å²) in [6.07, 6.45) is 0. The second kappa shape index (κ2) is 5.42. The Balaban J connectivity index is 1.55. The minimum Gasteiger partial charge on any atom is -0.356 e. The van der Waals surface area contributed by atoms with Crippen molar-refractivity contribution >= 4 is 34.1 Å². The largest absolute Gasteiger partial charge is 0.356 e. The van der Waals surface area contributed by atoms with Gasteiger partial charge in [0.05, 0.1) is 5.69 Å². The summed E-state index contributed by atoms with van der Waals surface area (Å²) in [6, 6.07) is 8.38. The van der Waals surface area contributed by atoms with Gasteiger partial charge >= 0.3 is 0 Å². The van der Waals surface area contributed by atoms with Crippen molar-refractivity contribution in [2.75, 3.05) is 18.5 Å². The quantitative estimate of drug-likeness (QED) is 0.674. The molecule has 1 amide bonds. The van der Waals surface area contributed by atoms with Crippen LogP contribution >= 0.6 is 11.8 Å². The molecule has 4 rings (SSSR count). The molecule has 114 valence electrons. The predicted molar refractivity (Wildman–Crippen MR) is 85.1 cm³/mol. The molecular weight excluding hydrogens is 303 g/mol. The zero-order valence-corrected chi connectivity index (χ0v) is 12.5. The van der Waals surface area contributed by atoms with E-state index in [1.807, 2.05) is 12.1 Å². The van der Waals surface area contributed by atoms with Crippen molar-refractivity contribution < 1.29 is 9.18 Å². The molecule has 0 aromatic heterocycles. The molecule has 1 fully saturated rings. The Morgan fingerprint density at radius 3 is 3.05 bits per heavy atom. The fourth-order valence-corrected chi connectivity index (χ4v) is 3.93. The van der Waals surface area contributed by atoms with Crippen LogP contribution in [-0.2, 0) is 4.79 Å². The van der Waals surface area contributed by atoms with Crippen molar-refractivity contribution in [3.8, 4) is 0 Å². The Labute approximate surface area is 131 Å². The second-order valence-electron chi connectivity index (χ2n) is 5.35. The van der Waals surface area contributed by atoms with Gasteiger partial charge in [0.25, 0.3) is 0 Å². The summed E-state index contributed by atoms with van der Waals surface area (Å²) in [6.45, 7) is 1.29. The molecule has 2 aliphatic heterocycles. The van der Waals surface area contributed by atoms with Gasteiger partial charge in [-0.15, -0.1) is 0 Å². The minimum atomic E-state index is -0.243. The maximum Gasteiger partial charge on any atom is 0.240 e. The molecule has 0 radical (unpaired) electrons. The Bertz CT molecular complexity index is 748. The van der Waals surface area contributed by atoms with E-state index in [9.17, 15) is 9.18 Å². The van der Waals surface area contributed by atoms with Crippen LogP contribution in [0.4, 0.5) is 10.1 Å². The van der Waals surface area contributed by atoms with E-state index in [1.54, 1.807) is 17.8 Å². The molecule has 0 spiro atoms. The van der Waals surface area contributed by atoms with Gasteiger partial charge < -0.3 is 16.0 Å². The summed E-state index contributed by atoms with van der Waals surface area (Å²) in [5.74, 6) is -0.272. The monoisotopic (exact) mass is 318 g/mol. The Morgan fingerprint density at radius 1 is 1.32 bits per heavy atom. The van der Waals surface area contributed by atoms with Crippen LogP contribution in [0.1, 0.15) is 0 Å². The third kappa shape index (κ3) is 2.41. The highest BCUT2D eigenvalue weighted by Gasteiger charge is 2.28. The lowest BCUT2D eigenvalue weighted by molar-refractivity contribution is -0.122. The molecule has 7 heteroatoms. The highest BCUT2D eigenvalue weighted by atomic mass is 32.2. The average molecular weight is 318 g/mol. The zero-order valence-electron chi connectivity index (χ0n) is 11.7. The smallest absolute Gasteiger partial charge is 0.240 e. The summed E-state index contributed by atoms with van der Waals surface area (Å²) in [5.41, 5.74) is 0.757. The van der Waals surface area contributed by atoms with Crippen molar-refractivity contribution in [2.45, 2.75) is 16.4 Å². The Kier molecular flexibility index (Phi) is 3.40. The lowest BCUT2D eigenvalue weighted by atomic mass is 10.1. The van der Waals surface area contributed by atoms with Crippen LogP contribution in [0, 0.1) is 5.82 Å². The SMILES string of the molecule is O=C(NC1Nc2ccc3cc(F)ccc3c2S1)C1CNCN1. The highest BCUT2D eigenvalue weighted by Crippen LogP contribution is 2.42. The first-order valence-corrected chi connectivity index (χ1v) is 7.98. The van der Waals surface area contributed by atoms with E-state index >= 15 is 0 Å². The fraction of sp³-hybridized carbons (Fsp3) is 0.267. The van der Waals surface area contributed by atoms with Gasteiger partial charge in [0.15, 0.2) is 5.50 Å². The average Bonchev–Trinajstić information content (AvgIpc) is 3.15. The summed E-state index contributed by atoms with van der Waals surface area (Å²) < 4.78 is 13.3.